The van der Waals surface area contributed by atoms with Crippen molar-refractivity contribution in [2.75, 3.05) is 47.5 Å². The first-order valence-electron chi connectivity index (χ1n) is 18.8. The van der Waals surface area contributed by atoms with E-state index in [1.807, 2.05) is 0 Å². The van der Waals surface area contributed by atoms with Crippen LogP contribution < -0.4 is 0 Å². The maximum Gasteiger partial charge on any atom is 0.469 e. The maximum atomic E-state index is 12.3. The Morgan fingerprint density at radius 3 is 1.28 bits per heavy atom. The van der Waals surface area contributed by atoms with Crippen molar-refractivity contribution in [3.63, 3.8) is 0 Å². The molecule has 0 unspecified atom stereocenters. The van der Waals surface area contributed by atoms with Gasteiger partial charge in [0.2, 0.25) is 0 Å². The van der Waals surface area contributed by atoms with E-state index in [0.717, 1.165) is 49.6 Å². The van der Waals surface area contributed by atoms with Gasteiger partial charge in [0.25, 0.3) is 0 Å². The van der Waals surface area contributed by atoms with Crippen molar-refractivity contribution in [1.82, 2.24) is 0 Å². The number of likely N-dealkylation sites (N-methyl/N-ethyl adjacent to an activating group) is 1. The molecule has 0 aliphatic carbocycles. The molecule has 0 fully saturated rings. The highest BCUT2D eigenvalue weighted by Crippen LogP contribution is 2.36. The number of rotatable bonds is 32. The number of aliphatic hydroxyl groups excluding tert-OH is 1. The first-order valence-corrected chi connectivity index (χ1v) is 20.3. The first-order chi connectivity index (χ1) is 22.3. The van der Waals surface area contributed by atoms with Crippen LogP contribution in [0.2, 0.25) is 0 Å². The van der Waals surface area contributed by atoms with Crippen LogP contribution in [0.3, 0.4) is 0 Å². The standard InChI is InChI=1S/C31H61O8P.C5H14NO/c1-3-5-7-9-11-13-15-17-19-21-23-25-30(32)37-27-29(28-38-40(34,35)36)39-31(33)26-24-22-20-18-16-14-12-10-8-6-4-2;1-6(2,3)4-5-7/h29H,3-28H2,1-2H3,(H2,34,35,36);7H,4-5H2,1-3H3/q;+1/t29-;/m1./s1. The highest BCUT2D eigenvalue weighted by atomic mass is 31.2. The number of ether oxygens (including phenoxy) is 2. The number of quaternary nitrogens is 1. The molecule has 0 saturated carbocycles. The Hall–Kier alpha value is -1.03. The topological polar surface area (TPSA) is 140 Å². The number of hydrogen-bond donors (Lipinski definition) is 3. The van der Waals surface area contributed by atoms with Gasteiger partial charge in [-0.15, -0.1) is 0 Å². The van der Waals surface area contributed by atoms with Gasteiger partial charge in [-0.05, 0) is 12.8 Å². The highest BCUT2D eigenvalue weighted by Gasteiger charge is 2.22. The summed E-state index contributed by atoms with van der Waals surface area (Å²) < 4.78 is 27.0. The van der Waals surface area contributed by atoms with E-state index in [-0.39, 0.29) is 26.1 Å². The lowest BCUT2D eigenvalue weighted by atomic mass is 10.1. The van der Waals surface area contributed by atoms with Crippen molar-refractivity contribution in [1.29, 1.82) is 0 Å². The Balaban J connectivity index is 0. The van der Waals surface area contributed by atoms with Crippen LogP contribution in [0.15, 0.2) is 0 Å². The summed E-state index contributed by atoms with van der Waals surface area (Å²) >= 11 is 0. The lowest BCUT2D eigenvalue weighted by molar-refractivity contribution is -0.870. The lowest BCUT2D eigenvalue weighted by Gasteiger charge is -2.21. The Bertz CT molecular complexity index is 755. The minimum Gasteiger partial charge on any atom is -0.462 e. The smallest absolute Gasteiger partial charge is 0.462 e. The number of aliphatic hydroxyl groups is 1. The normalized spacial score (nSPS) is 12.3. The van der Waals surface area contributed by atoms with E-state index in [9.17, 15) is 14.2 Å². The summed E-state index contributed by atoms with van der Waals surface area (Å²) in [6.45, 7) is 4.76. The molecule has 0 heterocycles. The Labute approximate surface area is 288 Å². The van der Waals surface area contributed by atoms with Gasteiger partial charge in [0.05, 0.1) is 34.4 Å². The third-order valence-electron chi connectivity index (χ3n) is 7.90. The second-order valence-electron chi connectivity index (χ2n) is 13.9. The molecular weight excluding hydrogens is 621 g/mol. The zero-order valence-electron chi connectivity index (χ0n) is 31.1. The number of carbonyl (C=O) groups is 2. The Morgan fingerprint density at radius 1 is 0.596 bits per heavy atom. The van der Waals surface area contributed by atoms with Crippen LogP contribution in [0.1, 0.15) is 168 Å². The van der Waals surface area contributed by atoms with E-state index in [1.54, 1.807) is 0 Å². The fourth-order valence-electron chi connectivity index (χ4n) is 4.97. The summed E-state index contributed by atoms with van der Waals surface area (Å²) in [6.07, 6.45) is 25.4. The van der Waals surface area contributed by atoms with E-state index in [4.69, 9.17) is 24.4 Å². The van der Waals surface area contributed by atoms with Gasteiger partial charge in [-0.1, -0.05) is 142 Å². The average Bonchev–Trinajstić information content (AvgIpc) is 2.99. The molecule has 10 nitrogen and oxygen atoms in total. The second-order valence-corrected chi connectivity index (χ2v) is 15.1. The molecular formula is C36H75NO9P+. The van der Waals surface area contributed by atoms with Gasteiger partial charge in [0.15, 0.2) is 6.10 Å². The van der Waals surface area contributed by atoms with Crippen molar-refractivity contribution >= 4 is 19.8 Å². The number of phosphoric acid groups is 1. The summed E-state index contributed by atoms with van der Waals surface area (Å²) in [6, 6.07) is 0. The van der Waals surface area contributed by atoms with Crippen molar-refractivity contribution < 1.29 is 47.5 Å². The third kappa shape index (κ3) is 42.9. The summed E-state index contributed by atoms with van der Waals surface area (Å²) in [5, 5.41) is 8.39. The molecule has 0 saturated heterocycles. The molecule has 11 heteroatoms. The predicted molar refractivity (Wildman–Crippen MR) is 191 cm³/mol. The number of phosphoric ester groups is 1. The van der Waals surface area contributed by atoms with Gasteiger partial charge < -0.3 is 28.9 Å². The predicted octanol–water partition coefficient (Wildman–Crippen LogP) is 8.64. The monoisotopic (exact) mass is 697 g/mol. The number of unbranched alkanes of at least 4 members (excludes halogenated alkanes) is 20. The van der Waals surface area contributed by atoms with Gasteiger partial charge in [0.1, 0.15) is 13.2 Å². The zero-order valence-corrected chi connectivity index (χ0v) is 32.0. The van der Waals surface area contributed by atoms with Crippen molar-refractivity contribution in [2.45, 2.75) is 174 Å². The van der Waals surface area contributed by atoms with Gasteiger partial charge >= 0.3 is 19.8 Å². The molecule has 0 aromatic carbocycles. The fourth-order valence-corrected chi connectivity index (χ4v) is 5.33. The zero-order chi connectivity index (χ0) is 35.7. The van der Waals surface area contributed by atoms with E-state index in [0.29, 0.717) is 6.42 Å². The molecule has 0 aliphatic rings. The van der Waals surface area contributed by atoms with Gasteiger partial charge in [-0.2, -0.15) is 0 Å². The number of carbonyl (C=O) groups excluding carboxylic acids is 2. The van der Waals surface area contributed by atoms with E-state index in [1.165, 1.54) is 96.3 Å². The van der Waals surface area contributed by atoms with Gasteiger partial charge in [-0.25, -0.2) is 4.57 Å². The van der Waals surface area contributed by atoms with E-state index >= 15 is 0 Å². The average molecular weight is 697 g/mol. The molecule has 3 N–H and O–H groups in total. The third-order valence-corrected chi connectivity index (χ3v) is 8.38. The molecule has 47 heavy (non-hydrogen) atoms. The second kappa shape index (κ2) is 33.5. The molecule has 0 amide bonds. The van der Waals surface area contributed by atoms with Crippen LogP contribution in [-0.4, -0.2) is 84.9 Å². The number of hydrogen-bond acceptors (Lipinski definition) is 7. The van der Waals surface area contributed by atoms with Crippen molar-refractivity contribution in [2.24, 2.45) is 0 Å². The molecule has 282 valence electrons. The van der Waals surface area contributed by atoms with Crippen molar-refractivity contribution in [3.05, 3.63) is 0 Å². The quantitative estimate of drug-likeness (QED) is 0.0273. The molecule has 0 aromatic rings. The highest BCUT2D eigenvalue weighted by molar-refractivity contribution is 7.46. The van der Waals surface area contributed by atoms with Crippen LogP contribution in [0, 0.1) is 0 Å². The molecule has 1 atom stereocenters. The fraction of sp³-hybridized carbons (Fsp3) is 0.944. The number of nitrogens with zero attached hydrogens (tertiary/aromatic N) is 1. The molecule has 0 rings (SSSR count). The summed E-state index contributed by atoms with van der Waals surface area (Å²) in [5.41, 5.74) is 0. The SMILES string of the molecule is CCCCCCCCCCCCCC(=O)OC[C@H](COP(=O)(O)O)OC(=O)CCCCCCCCCCCCC.C[N+](C)(C)CCO. The first kappa shape index (κ1) is 48.1. The van der Waals surface area contributed by atoms with Gasteiger partial charge in [0, 0.05) is 12.8 Å². The summed E-state index contributed by atoms with van der Waals surface area (Å²) in [7, 11) is 1.42. The molecule has 0 bridgehead atoms. The molecule has 0 aromatic heterocycles. The van der Waals surface area contributed by atoms with Crippen molar-refractivity contribution in [3.8, 4) is 0 Å². The molecule has 0 radical (unpaired) electrons. The minimum atomic E-state index is -4.73. The summed E-state index contributed by atoms with van der Waals surface area (Å²) in [5.74, 6) is -0.879. The van der Waals surface area contributed by atoms with Crippen LogP contribution in [0.5, 0.6) is 0 Å². The van der Waals surface area contributed by atoms with E-state index in [2.05, 4.69) is 39.5 Å². The molecule has 0 aliphatic heterocycles. The largest absolute Gasteiger partial charge is 0.469 e. The summed E-state index contributed by atoms with van der Waals surface area (Å²) in [4.78, 5) is 42.4. The van der Waals surface area contributed by atoms with E-state index < -0.39 is 32.5 Å². The van der Waals surface area contributed by atoms with Crippen LogP contribution in [-0.2, 0) is 28.2 Å². The van der Waals surface area contributed by atoms with Crippen LogP contribution >= 0.6 is 7.82 Å². The van der Waals surface area contributed by atoms with Crippen LogP contribution in [0.25, 0.3) is 0 Å². The maximum absolute atomic E-state index is 12.3. The minimum absolute atomic E-state index is 0.218. The van der Waals surface area contributed by atoms with Gasteiger partial charge in [-0.3, -0.25) is 14.1 Å². The molecule has 0 spiro atoms. The Kier molecular flexibility index (Phi) is 34.2. The Morgan fingerprint density at radius 2 is 0.957 bits per heavy atom. The van der Waals surface area contributed by atoms with Crippen LogP contribution in [0.4, 0.5) is 0 Å². The number of esters is 2. The lowest BCUT2D eigenvalue weighted by Crippen LogP contribution is -2.36.